The first-order chi connectivity index (χ1) is 9.93. The highest BCUT2D eigenvalue weighted by atomic mass is 16.5. The van der Waals surface area contributed by atoms with Crippen LogP contribution in [0.15, 0.2) is 24.3 Å². The molecule has 0 bridgehead atoms. The number of ether oxygens (including phenoxy) is 1. The van der Waals surface area contributed by atoms with Gasteiger partial charge in [0.2, 0.25) is 0 Å². The van der Waals surface area contributed by atoms with Crippen molar-refractivity contribution in [3.63, 3.8) is 0 Å². The predicted molar refractivity (Wildman–Crippen MR) is 84.2 cm³/mol. The first-order valence-electron chi connectivity index (χ1n) is 7.55. The highest BCUT2D eigenvalue weighted by Gasteiger charge is 2.15. The Morgan fingerprint density at radius 3 is 2.48 bits per heavy atom. The van der Waals surface area contributed by atoms with Crippen LogP contribution in [0.25, 0.3) is 0 Å². The minimum Gasteiger partial charge on any atom is -0.494 e. The van der Waals surface area contributed by atoms with Crippen LogP contribution in [0.3, 0.4) is 0 Å². The summed E-state index contributed by atoms with van der Waals surface area (Å²) in [5.41, 5.74) is 0.923. The van der Waals surface area contributed by atoms with Crippen molar-refractivity contribution >= 4 is 5.78 Å². The van der Waals surface area contributed by atoms with Crippen molar-refractivity contribution in [2.45, 2.75) is 52.9 Å². The van der Waals surface area contributed by atoms with Gasteiger partial charge in [-0.2, -0.15) is 5.26 Å². The van der Waals surface area contributed by atoms with Crippen LogP contribution in [0.2, 0.25) is 0 Å². The van der Waals surface area contributed by atoms with E-state index in [1.54, 1.807) is 6.92 Å². The second-order valence-corrected chi connectivity index (χ2v) is 6.15. The largest absolute Gasteiger partial charge is 0.494 e. The van der Waals surface area contributed by atoms with E-state index in [0.29, 0.717) is 13.0 Å². The summed E-state index contributed by atoms with van der Waals surface area (Å²) >= 11 is 0. The minimum absolute atomic E-state index is 0.218. The number of unbranched alkanes of at least 4 members (excludes halogenated alkanes) is 1. The maximum absolute atomic E-state index is 10.9. The van der Waals surface area contributed by atoms with Gasteiger partial charge in [-0.3, -0.25) is 0 Å². The molecule has 0 amide bonds. The molecule has 3 heteroatoms. The molecule has 1 aromatic rings. The summed E-state index contributed by atoms with van der Waals surface area (Å²) in [6, 6.07) is 10.2. The van der Waals surface area contributed by atoms with Crippen LogP contribution in [0.1, 0.15) is 52.0 Å². The van der Waals surface area contributed by atoms with Crippen LogP contribution in [-0.4, -0.2) is 12.4 Å². The number of nitriles is 1. The Balaban J connectivity index is 2.24. The van der Waals surface area contributed by atoms with Crippen molar-refractivity contribution in [1.82, 2.24) is 0 Å². The normalized spacial score (nSPS) is 11.0. The van der Waals surface area contributed by atoms with Crippen LogP contribution in [-0.2, 0) is 11.2 Å². The molecule has 0 aliphatic heterocycles. The molecule has 21 heavy (non-hydrogen) atoms. The molecular weight excluding hydrogens is 262 g/mol. The molecule has 0 spiro atoms. The lowest BCUT2D eigenvalue weighted by molar-refractivity contribution is -0.116. The van der Waals surface area contributed by atoms with E-state index in [0.717, 1.165) is 37.0 Å². The number of ketones is 1. The Morgan fingerprint density at radius 1 is 1.24 bits per heavy atom. The number of aryl methyl sites for hydroxylation is 1. The zero-order valence-corrected chi connectivity index (χ0v) is 13.3. The molecule has 3 nitrogen and oxygen atoms in total. The molecule has 0 saturated heterocycles. The molecule has 0 unspecified atom stereocenters. The molecule has 1 aromatic carbocycles. The summed E-state index contributed by atoms with van der Waals surface area (Å²) < 4.78 is 5.69. The second-order valence-electron chi connectivity index (χ2n) is 6.15. The molecule has 114 valence electrons. The summed E-state index contributed by atoms with van der Waals surface area (Å²) in [6.07, 6.45) is 4.24. The maximum atomic E-state index is 10.9. The van der Waals surface area contributed by atoms with Crippen LogP contribution in [0.5, 0.6) is 5.75 Å². The lowest BCUT2D eigenvalue weighted by Crippen LogP contribution is -2.08. The van der Waals surface area contributed by atoms with E-state index in [1.807, 2.05) is 38.1 Å². The smallest absolute Gasteiger partial charge is 0.130 e. The maximum Gasteiger partial charge on any atom is 0.130 e. The number of carbonyl (C=O) groups is 1. The average molecular weight is 287 g/mol. The Kier molecular flexibility index (Phi) is 6.94. The quantitative estimate of drug-likeness (QED) is 0.636. The van der Waals surface area contributed by atoms with Crippen molar-refractivity contribution in [2.75, 3.05) is 6.61 Å². The number of Topliss-reactive ketones (excluding diaryl/α,β-unsaturated/α-hetero) is 1. The first kappa shape index (κ1) is 17.2. The van der Waals surface area contributed by atoms with Crippen LogP contribution in [0.4, 0.5) is 0 Å². The molecule has 0 radical (unpaired) electrons. The van der Waals surface area contributed by atoms with Gasteiger partial charge in [-0.1, -0.05) is 12.1 Å². The fourth-order valence-corrected chi connectivity index (χ4v) is 1.99. The van der Waals surface area contributed by atoms with Gasteiger partial charge in [-0.25, -0.2) is 0 Å². The highest BCUT2D eigenvalue weighted by Crippen LogP contribution is 2.21. The van der Waals surface area contributed by atoms with Crippen molar-refractivity contribution in [3.8, 4) is 11.8 Å². The van der Waals surface area contributed by atoms with Crippen molar-refractivity contribution in [2.24, 2.45) is 5.41 Å². The molecule has 0 atom stereocenters. The minimum atomic E-state index is -0.238. The number of carbonyl (C=O) groups excluding carboxylic acids is 1. The van der Waals surface area contributed by atoms with E-state index in [9.17, 15) is 4.79 Å². The highest BCUT2D eigenvalue weighted by molar-refractivity contribution is 5.75. The Morgan fingerprint density at radius 2 is 1.90 bits per heavy atom. The monoisotopic (exact) mass is 287 g/mol. The van der Waals surface area contributed by atoms with Gasteiger partial charge < -0.3 is 9.53 Å². The summed E-state index contributed by atoms with van der Waals surface area (Å²) in [4.78, 5) is 10.9. The van der Waals surface area contributed by atoms with Gasteiger partial charge in [0.1, 0.15) is 11.5 Å². The van der Waals surface area contributed by atoms with E-state index in [2.05, 4.69) is 6.07 Å². The molecule has 0 N–H and O–H groups in total. The van der Waals surface area contributed by atoms with Gasteiger partial charge in [0.05, 0.1) is 18.1 Å². The Labute approximate surface area is 127 Å². The van der Waals surface area contributed by atoms with Gasteiger partial charge in [0.15, 0.2) is 0 Å². The molecule has 0 aromatic heterocycles. The molecule has 0 aliphatic rings. The molecule has 1 rings (SSSR count). The molecule has 0 heterocycles. The third-order valence-electron chi connectivity index (χ3n) is 3.46. The number of nitrogens with zero attached hydrogens (tertiary/aromatic N) is 1. The van der Waals surface area contributed by atoms with E-state index >= 15 is 0 Å². The lowest BCUT2D eigenvalue weighted by atomic mass is 9.89. The fraction of sp³-hybridized carbons (Fsp3) is 0.556. The summed E-state index contributed by atoms with van der Waals surface area (Å²) in [5, 5.41) is 8.93. The number of hydrogen-bond donors (Lipinski definition) is 0. The zero-order chi connectivity index (χ0) is 15.7. The zero-order valence-electron chi connectivity index (χ0n) is 13.3. The summed E-state index contributed by atoms with van der Waals surface area (Å²) in [5.74, 6) is 1.08. The van der Waals surface area contributed by atoms with E-state index in [-0.39, 0.29) is 11.2 Å². The van der Waals surface area contributed by atoms with Gasteiger partial charge in [0.25, 0.3) is 0 Å². The first-order valence-corrected chi connectivity index (χ1v) is 7.55. The van der Waals surface area contributed by atoms with Crippen molar-refractivity contribution < 1.29 is 9.53 Å². The van der Waals surface area contributed by atoms with Crippen molar-refractivity contribution in [3.05, 3.63) is 29.8 Å². The van der Waals surface area contributed by atoms with Gasteiger partial charge >= 0.3 is 0 Å². The summed E-state index contributed by atoms with van der Waals surface area (Å²) in [6.45, 7) is 6.22. The van der Waals surface area contributed by atoms with E-state index in [1.165, 1.54) is 0 Å². The van der Waals surface area contributed by atoms with Crippen molar-refractivity contribution in [1.29, 1.82) is 5.26 Å². The molecule has 0 aliphatic carbocycles. The SMILES string of the molecule is CC(=O)CCc1ccc(OCCCCC(C)(C)C#N)cc1. The molecule has 0 fully saturated rings. The fourth-order valence-electron chi connectivity index (χ4n) is 1.99. The number of rotatable bonds is 9. The Hall–Kier alpha value is -1.82. The van der Waals surface area contributed by atoms with E-state index in [4.69, 9.17) is 10.00 Å². The van der Waals surface area contributed by atoms with Crippen LogP contribution < -0.4 is 4.74 Å². The molecule has 0 saturated carbocycles. The predicted octanol–water partition coefficient (Wildman–Crippen LogP) is 4.31. The Bertz CT molecular complexity index is 483. The lowest BCUT2D eigenvalue weighted by Gasteiger charge is -2.14. The third kappa shape index (κ3) is 7.51. The van der Waals surface area contributed by atoms with Crippen LogP contribution in [0, 0.1) is 16.7 Å². The topological polar surface area (TPSA) is 50.1 Å². The average Bonchev–Trinajstić information content (AvgIpc) is 2.46. The summed E-state index contributed by atoms with van der Waals surface area (Å²) in [7, 11) is 0. The third-order valence-corrected chi connectivity index (χ3v) is 3.46. The second kappa shape index (κ2) is 8.46. The van der Waals surface area contributed by atoms with Crippen LogP contribution >= 0.6 is 0 Å². The molecular formula is C18H25NO2. The van der Waals surface area contributed by atoms with Gasteiger partial charge in [0, 0.05) is 6.42 Å². The standard InChI is InChI=1S/C18H25NO2/c1-15(20)6-7-16-8-10-17(11-9-16)21-13-5-4-12-18(2,3)14-19/h8-11H,4-7,12-13H2,1-3H3. The van der Waals surface area contributed by atoms with Gasteiger partial charge in [-0.05, 0) is 64.2 Å². The number of hydrogen-bond acceptors (Lipinski definition) is 3. The number of benzene rings is 1. The van der Waals surface area contributed by atoms with Gasteiger partial charge in [-0.15, -0.1) is 0 Å². The van der Waals surface area contributed by atoms with E-state index < -0.39 is 0 Å².